The fourth-order valence-electron chi connectivity index (χ4n) is 2.92. The molecule has 0 aliphatic heterocycles. The van der Waals surface area contributed by atoms with Crippen LogP contribution in [0.4, 0.5) is 5.69 Å². The molecule has 0 unspecified atom stereocenters. The van der Waals surface area contributed by atoms with Gasteiger partial charge in [-0.15, -0.1) is 0 Å². The summed E-state index contributed by atoms with van der Waals surface area (Å²) < 4.78 is 4.81. The minimum atomic E-state index is -0.261. The van der Waals surface area contributed by atoms with Crippen molar-refractivity contribution < 1.29 is 14.3 Å². The van der Waals surface area contributed by atoms with Crippen molar-refractivity contribution in [1.82, 2.24) is 4.90 Å². The van der Waals surface area contributed by atoms with Gasteiger partial charge in [0.05, 0.1) is 11.3 Å². The molecular formula is C17H24N2O3. The number of nitrogens with zero attached hydrogens (tertiary/aromatic N) is 1. The number of ether oxygens (including phenoxy) is 1. The van der Waals surface area contributed by atoms with Gasteiger partial charge in [-0.1, -0.05) is 31.4 Å². The Labute approximate surface area is 131 Å². The van der Waals surface area contributed by atoms with Crippen LogP contribution in [-0.2, 0) is 9.53 Å². The summed E-state index contributed by atoms with van der Waals surface area (Å²) in [6, 6.07) is 7.41. The second kappa shape index (κ2) is 7.94. The third-order valence-electron chi connectivity index (χ3n) is 4.15. The summed E-state index contributed by atoms with van der Waals surface area (Å²) in [6.45, 7) is -0.0268. The molecule has 1 aliphatic rings. The average Bonchev–Trinajstić information content (AvgIpc) is 2.55. The van der Waals surface area contributed by atoms with Crippen molar-refractivity contribution >= 4 is 17.5 Å². The summed E-state index contributed by atoms with van der Waals surface area (Å²) in [5.41, 5.74) is 1.07. The first-order valence-electron chi connectivity index (χ1n) is 7.78. The summed E-state index contributed by atoms with van der Waals surface area (Å²) in [5, 5.41) is 2.74. The first-order valence-corrected chi connectivity index (χ1v) is 7.78. The van der Waals surface area contributed by atoms with Crippen molar-refractivity contribution in [1.29, 1.82) is 0 Å². The second-order valence-corrected chi connectivity index (χ2v) is 5.73. The van der Waals surface area contributed by atoms with Crippen LogP contribution in [0.2, 0.25) is 0 Å². The number of carbonyl (C=O) groups excluding carboxylic acids is 2. The van der Waals surface area contributed by atoms with Crippen LogP contribution in [-0.4, -0.2) is 43.5 Å². The van der Waals surface area contributed by atoms with E-state index in [-0.39, 0.29) is 18.4 Å². The van der Waals surface area contributed by atoms with E-state index in [1.807, 2.05) is 18.0 Å². The Kier molecular flexibility index (Phi) is 5.95. The lowest BCUT2D eigenvalue weighted by Gasteiger charge is -2.31. The molecule has 0 atom stereocenters. The summed E-state index contributed by atoms with van der Waals surface area (Å²) >= 11 is 0. The fourth-order valence-corrected chi connectivity index (χ4v) is 2.92. The Morgan fingerprint density at radius 1 is 1.23 bits per heavy atom. The van der Waals surface area contributed by atoms with Crippen molar-refractivity contribution in [2.24, 2.45) is 0 Å². The Hall–Kier alpha value is -1.88. The lowest BCUT2D eigenvalue weighted by molar-refractivity contribution is -0.119. The molecule has 0 radical (unpaired) electrons. The molecular weight excluding hydrogens is 280 g/mol. The number of para-hydroxylation sites is 1. The van der Waals surface area contributed by atoms with Crippen LogP contribution in [0.3, 0.4) is 0 Å². The monoisotopic (exact) mass is 304 g/mol. The molecule has 1 fully saturated rings. The Balaban J connectivity index is 2.13. The number of benzene rings is 1. The van der Waals surface area contributed by atoms with Crippen molar-refractivity contribution in [3.05, 3.63) is 29.8 Å². The predicted octanol–water partition coefficient (Wildman–Crippen LogP) is 2.68. The van der Waals surface area contributed by atoms with Gasteiger partial charge < -0.3 is 15.0 Å². The predicted molar refractivity (Wildman–Crippen MR) is 85.9 cm³/mol. The minimum absolute atomic E-state index is 0.0268. The quantitative estimate of drug-likeness (QED) is 0.910. The lowest BCUT2D eigenvalue weighted by atomic mass is 9.94. The summed E-state index contributed by atoms with van der Waals surface area (Å²) in [6.07, 6.45) is 5.71. The number of nitrogens with one attached hydrogen (secondary N) is 1. The molecule has 5 nitrogen and oxygen atoms in total. The number of amides is 2. The highest BCUT2D eigenvalue weighted by Crippen LogP contribution is 2.24. The highest BCUT2D eigenvalue weighted by Gasteiger charge is 2.24. The van der Waals surface area contributed by atoms with Crippen LogP contribution < -0.4 is 5.32 Å². The third kappa shape index (κ3) is 4.07. The largest absolute Gasteiger partial charge is 0.375 e. The van der Waals surface area contributed by atoms with Gasteiger partial charge in [0.15, 0.2) is 0 Å². The summed E-state index contributed by atoms with van der Waals surface area (Å²) in [4.78, 5) is 26.3. The molecule has 120 valence electrons. The molecule has 1 aromatic rings. The minimum Gasteiger partial charge on any atom is -0.375 e. The molecule has 0 bridgehead atoms. The molecule has 0 aromatic heterocycles. The number of methoxy groups -OCH3 is 1. The maximum atomic E-state index is 12.7. The van der Waals surface area contributed by atoms with E-state index < -0.39 is 0 Å². The van der Waals surface area contributed by atoms with Crippen LogP contribution >= 0.6 is 0 Å². The van der Waals surface area contributed by atoms with Crippen LogP contribution in [0.25, 0.3) is 0 Å². The molecule has 1 saturated carbocycles. The van der Waals surface area contributed by atoms with E-state index >= 15 is 0 Å². The van der Waals surface area contributed by atoms with E-state index in [2.05, 4.69) is 5.32 Å². The molecule has 2 amide bonds. The van der Waals surface area contributed by atoms with E-state index in [9.17, 15) is 9.59 Å². The molecule has 5 heteroatoms. The van der Waals surface area contributed by atoms with Gasteiger partial charge in [-0.25, -0.2) is 0 Å². The molecule has 2 rings (SSSR count). The molecule has 1 aliphatic carbocycles. The zero-order valence-corrected chi connectivity index (χ0v) is 13.3. The van der Waals surface area contributed by atoms with Crippen molar-refractivity contribution in [2.75, 3.05) is 26.1 Å². The topological polar surface area (TPSA) is 58.6 Å². The third-order valence-corrected chi connectivity index (χ3v) is 4.15. The highest BCUT2D eigenvalue weighted by atomic mass is 16.5. The maximum Gasteiger partial charge on any atom is 0.255 e. The van der Waals surface area contributed by atoms with Crippen LogP contribution in [0, 0.1) is 0 Å². The Bertz CT molecular complexity index is 524. The van der Waals surface area contributed by atoms with E-state index in [1.54, 1.807) is 18.2 Å². The number of carbonyl (C=O) groups is 2. The summed E-state index contributed by atoms with van der Waals surface area (Å²) in [5.74, 6) is -0.303. The SMILES string of the molecule is COCC(=O)Nc1ccccc1C(=O)N(C)C1CCCCC1. The van der Waals surface area contributed by atoms with Gasteiger partial charge in [0.2, 0.25) is 5.91 Å². The smallest absolute Gasteiger partial charge is 0.255 e. The van der Waals surface area contributed by atoms with Gasteiger partial charge >= 0.3 is 0 Å². The van der Waals surface area contributed by atoms with Crippen LogP contribution in [0.5, 0.6) is 0 Å². The first kappa shape index (κ1) is 16.5. The zero-order chi connectivity index (χ0) is 15.9. The molecule has 0 spiro atoms. The molecule has 22 heavy (non-hydrogen) atoms. The van der Waals surface area contributed by atoms with Gasteiger partial charge in [0, 0.05) is 20.2 Å². The van der Waals surface area contributed by atoms with E-state index in [1.165, 1.54) is 26.4 Å². The molecule has 1 aromatic carbocycles. The van der Waals surface area contributed by atoms with Gasteiger partial charge in [-0.05, 0) is 25.0 Å². The van der Waals surface area contributed by atoms with Gasteiger partial charge in [0.1, 0.15) is 6.61 Å². The molecule has 1 N–H and O–H groups in total. The van der Waals surface area contributed by atoms with Gasteiger partial charge in [0.25, 0.3) is 5.91 Å². The first-order chi connectivity index (χ1) is 10.6. The van der Waals surface area contributed by atoms with Gasteiger partial charge in [-0.2, -0.15) is 0 Å². The number of anilines is 1. The standard InChI is InChI=1S/C17H24N2O3/c1-19(13-8-4-3-5-9-13)17(21)14-10-6-7-11-15(14)18-16(20)12-22-2/h6-7,10-11,13H,3-5,8-9,12H2,1-2H3,(H,18,20). The lowest BCUT2D eigenvalue weighted by Crippen LogP contribution is -2.38. The second-order valence-electron chi connectivity index (χ2n) is 5.73. The van der Waals surface area contributed by atoms with E-state index in [4.69, 9.17) is 4.74 Å². The van der Waals surface area contributed by atoms with Crippen molar-refractivity contribution in [3.8, 4) is 0 Å². The number of hydrogen-bond acceptors (Lipinski definition) is 3. The van der Waals surface area contributed by atoms with Crippen molar-refractivity contribution in [2.45, 2.75) is 38.1 Å². The Morgan fingerprint density at radius 3 is 2.59 bits per heavy atom. The number of rotatable bonds is 5. The van der Waals surface area contributed by atoms with Crippen LogP contribution in [0.1, 0.15) is 42.5 Å². The normalized spacial score (nSPS) is 15.4. The Morgan fingerprint density at radius 2 is 1.91 bits per heavy atom. The molecule has 0 saturated heterocycles. The van der Waals surface area contributed by atoms with Crippen molar-refractivity contribution in [3.63, 3.8) is 0 Å². The van der Waals surface area contributed by atoms with E-state index in [0.717, 1.165) is 12.8 Å². The fraction of sp³-hybridized carbons (Fsp3) is 0.529. The average molecular weight is 304 g/mol. The van der Waals surface area contributed by atoms with E-state index in [0.29, 0.717) is 17.3 Å². The van der Waals surface area contributed by atoms with Gasteiger partial charge in [-0.3, -0.25) is 9.59 Å². The summed E-state index contributed by atoms with van der Waals surface area (Å²) in [7, 11) is 3.32. The zero-order valence-electron chi connectivity index (χ0n) is 13.3. The molecule has 0 heterocycles. The van der Waals surface area contributed by atoms with Crippen LogP contribution in [0.15, 0.2) is 24.3 Å². The highest BCUT2D eigenvalue weighted by molar-refractivity contribution is 6.04. The number of hydrogen-bond donors (Lipinski definition) is 1. The maximum absolute atomic E-state index is 12.7.